The summed E-state index contributed by atoms with van der Waals surface area (Å²) in [6.07, 6.45) is 4.74. The molecular formula is C31H50O7. The SMILES string of the molecule is CCOC(=O)O[C@@H]1CC[C@]2(C)C3C(C(=O)[C@H](CC)[C@@H]2C1)C1CC[C@H]([C@H](C)CCC(=O)OC)[C@@]1(C)[C@@H](C)[C@@H]3O. The van der Waals surface area contributed by atoms with Gasteiger partial charge in [-0.05, 0) is 92.3 Å². The van der Waals surface area contributed by atoms with Crippen LogP contribution in [0.3, 0.4) is 0 Å². The van der Waals surface area contributed by atoms with Gasteiger partial charge in [0.2, 0.25) is 0 Å². The first-order valence-corrected chi connectivity index (χ1v) is 15.1. The third-order valence-corrected chi connectivity index (χ3v) is 12.1. The summed E-state index contributed by atoms with van der Waals surface area (Å²) in [5.41, 5.74) is -0.338. The zero-order valence-electron chi connectivity index (χ0n) is 24.5. The van der Waals surface area contributed by atoms with Crippen molar-refractivity contribution in [3.63, 3.8) is 0 Å². The van der Waals surface area contributed by atoms with Crippen molar-refractivity contribution in [3.8, 4) is 0 Å². The largest absolute Gasteiger partial charge is 0.508 e. The second-order valence-corrected chi connectivity index (χ2v) is 13.3. The van der Waals surface area contributed by atoms with Gasteiger partial charge in [-0.15, -0.1) is 0 Å². The van der Waals surface area contributed by atoms with Crippen LogP contribution in [-0.4, -0.2) is 48.9 Å². The van der Waals surface area contributed by atoms with Gasteiger partial charge in [0, 0.05) is 24.2 Å². The van der Waals surface area contributed by atoms with Crippen LogP contribution in [-0.2, 0) is 23.8 Å². The molecule has 0 radical (unpaired) electrons. The van der Waals surface area contributed by atoms with E-state index >= 15 is 0 Å². The van der Waals surface area contributed by atoms with E-state index in [-0.39, 0.29) is 65.0 Å². The molecule has 7 heteroatoms. The van der Waals surface area contributed by atoms with Crippen molar-refractivity contribution in [3.05, 3.63) is 0 Å². The summed E-state index contributed by atoms with van der Waals surface area (Å²) in [5, 5.41) is 12.1. The molecule has 7 nitrogen and oxygen atoms in total. The van der Waals surface area contributed by atoms with E-state index in [0.29, 0.717) is 30.5 Å². The molecule has 4 aliphatic carbocycles. The Morgan fingerprint density at radius 3 is 2.47 bits per heavy atom. The highest BCUT2D eigenvalue weighted by molar-refractivity contribution is 5.86. The number of aliphatic hydroxyl groups excluding tert-OH is 1. The van der Waals surface area contributed by atoms with Crippen molar-refractivity contribution in [2.24, 2.45) is 58.2 Å². The van der Waals surface area contributed by atoms with E-state index in [1.807, 2.05) is 0 Å². The predicted molar refractivity (Wildman–Crippen MR) is 143 cm³/mol. The molecule has 0 aromatic heterocycles. The number of carbonyl (C=O) groups is 3. The van der Waals surface area contributed by atoms with Gasteiger partial charge < -0.3 is 19.3 Å². The Balaban J connectivity index is 1.63. The van der Waals surface area contributed by atoms with E-state index in [4.69, 9.17) is 14.2 Å². The van der Waals surface area contributed by atoms with Gasteiger partial charge in [-0.2, -0.15) is 0 Å². The molecule has 0 heterocycles. The molecule has 3 unspecified atom stereocenters. The van der Waals surface area contributed by atoms with Crippen molar-refractivity contribution in [2.45, 2.75) is 105 Å². The molecule has 4 rings (SSSR count). The minimum absolute atomic E-state index is 0.0544. The molecule has 0 aromatic carbocycles. The number of Topliss-reactive ketones (excluding diaryl/α,β-unsaturated/α-hetero) is 1. The van der Waals surface area contributed by atoms with E-state index in [9.17, 15) is 19.5 Å². The Morgan fingerprint density at radius 1 is 1.13 bits per heavy atom. The molecule has 4 saturated carbocycles. The number of carbonyl (C=O) groups excluding carboxylic acids is 3. The summed E-state index contributed by atoms with van der Waals surface area (Å²) in [6, 6.07) is 0. The number of rotatable bonds is 7. The van der Waals surface area contributed by atoms with Crippen LogP contribution in [0.4, 0.5) is 4.79 Å². The van der Waals surface area contributed by atoms with Crippen LogP contribution in [0.15, 0.2) is 0 Å². The fourth-order valence-corrected chi connectivity index (χ4v) is 10.1. The van der Waals surface area contributed by atoms with Crippen LogP contribution in [0.5, 0.6) is 0 Å². The van der Waals surface area contributed by atoms with Gasteiger partial charge in [-0.3, -0.25) is 9.59 Å². The second-order valence-electron chi connectivity index (χ2n) is 13.3. The molecule has 12 atom stereocenters. The lowest BCUT2D eigenvalue weighted by atomic mass is 9.39. The smallest absolute Gasteiger partial charge is 0.469 e. The lowest BCUT2D eigenvalue weighted by molar-refractivity contribution is -0.215. The first kappa shape index (κ1) is 29.4. The molecule has 1 N–H and O–H groups in total. The van der Waals surface area contributed by atoms with Gasteiger partial charge in [-0.25, -0.2) is 4.79 Å². The Morgan fingerprint density at radius 2 is 1.84 bits per heavy atom. The second kappa shape index (κ2) is 11.1. The van der Waals surface area contributed by atoms with Crippen LogP contribution < -0.4 is 0 Å². The van der Waals surface area contributed by atoms with Gasteiger partial charge in [-0.1, -0.05) is 34.6 Å². The average molecular weight is 535 g/mol. The van der Waals surface area contributed by atoms with Crippen LogP contribution in [0.2, 0.25) is 0 Å². The molecule has 0 amide bonds. The maximum Gasteiger partial charge on any atom is 0.508 e. The maximum atomic E-state index is 14.4. The fourth-order valence-electron chi connectivity index (χ4n) is 10.1. The zero-order chi connectivity index (χ0) is 28.0. The van der Waals surface area contributed by atoms with Crippen molar-refractivity contribution in [1.29, 1.82) is 0 Å². The normalized spacial score (nSPS) is 44.8. The lowest BCUT2D eigenvalue weighted by Gasteiger charge is -2.65. The van der Waals surface area contributed by atoms with E-state index in [0.717, 1.165) is 38.5 Å². The molecule has 0 spiro atoms. The Hall–Kier alpha value is -1.63. The van der Waals surface area contributed by atoms with Gasteiger partial charge in [0.15, 0.2) is 0 Å². The number of hydrogen-bond acceptors (Lipinski definition) is 7. The average Bonchev–Trinajstić information content (AvgIpc) is 3.24. The minimum atomic E-state index is -0.630. The number of esters is 1. The van der Waals surface area contributed by atoms with Crippen LogP contribution in [0.1, 0.15) is 92.9 Å². The van der Waals surface area contributed by atoms with Crippen LogP contribution >= 0.6 is 0 Å². The van der Waals surface area contributed by atoms with Gasteiger partial charge in [0.05, 0.1) is 19.8 Å². The summed E-state index contributed by atoms with van der Waals surface area (Å²) in [5.74, 6) is 0.881. The first-order chi connectivity index (χ1) is 17.9. The summed E-state index contributed by atoms with van der Waals surface area (Å²) in [6.45, 7) is 13.2. The highest BCUT2D eigenvalue weighted by Crippen LogP contribution is 2.70. The first-order valence-electron chi connectivity index (χ1n) is 15.1. The predicted octanol–water partition coefficient (Wildman–Crippen LogP) is 5.81. The number of aliphatic hydroxyl groups is 1. The molecule has 0 aliphatic heterocycles. The van der Waals surface area contributed by atoms with Crippen molar-refractivity contribution in [1.82, 2.24) is 0 Å². The molecule has 4 fully saturated rings. The summed E-state index contributed by atoms with van der Waals surface area (Å²) >= 11 is 0. The molecular weight excluding hydrogens is 484 g/mol. The van der Waals surface area contributed by atoms with E-state index in [2.05, 4.69) is 34.6 Å². The molecule has 38 heavy (non-hydrogen) atoms. The Labute approximate surface area is 228 Å². The number of fused-ring (bicyclic) bond motifs is 5. The third kappa shape index (κ3) is 4.58. The molecule has 216 valence electrons. The zero-order valence-corrected chi connectivity index (χ0v) is 24.5. The Kier molecular flexibility index (Phi) is 8.57. The number of ether oxygens (including phenoxy) is 3. The fraction of sp³-hybridized carbons (Fsp3) is 0.903. The highest BCUT2D eigenvalue weighted by atomic mass is 16.7. The summed E-state index contributed by atoms with van der Waals surface area (Å²) in [7, 11) is 1.43. The number of methoxy groups -OCH3 is 1. The summed E-state index contributed by atoms with van der Waals surface area (Å²) in [4.78, 5) is 38.3. The topological polar surface area (TPSA) is 99.1 Å². The van der Waals surface area contributed by atoms with E-state index in [1.165, 1.54) is 7.11 Å². The molecule has 0 aromatic rings. The quantitative estimate of drug-likeness (QED) is 0.412. The van der Waals surface area contributed by atoms with Gasteiger partial charge in [0.25, 0.3) is 0 Å². The van der Waals surface area contributed by atoms with E-state index in [1.54, 1.807) is 6.92 Å². The standard InChI is InChI=1S/C31H50O7/c1-8-20-23-16-19(38-29(35)37-9-2)14-15-30(23,5)26-25(28(20)34)22-12-11-21(17(3)10-13-24(32)36-7)31(22,6)18(4)27(26)33/h17-23,25-27,33H,8-16H2,1-7H3/t17-,18+,19-,20-,21-,22?,23+,25?,26?,27+,30+,31-/m1/s1. The molecule has 0 saturated heterocycles. The monoisotopic (exact) mass is 534 g/mol. The molecule has 4 aliphatic rings. The van der Waals surface area contributed by atoms with Gasteiger partial charge in [0.1, 0.15) is 11.9 Å². The Bertz CT molecular complexity index is 903. The van der Waals surface area contributed by atoms with Gasteiger partial charge >= 0.3 is 12.1 Å². The van der Waals surface area contributed by atoms with Crippen molar-refractivity contribution >= 4 is 17.9 Å². The lowest BCUT2D eigenvalue weighted by Crippen LogP contribution is -2.67. The highest BCUT2D eigenvalue weighted by Gasteiger charge is 2.69. The summed E-state index contributed by atoms with van der Waals surface area (Å²) < 4.78 is 15.6. The maximum absolute atomic E-state index is 14.4. The van der Waals surface area contributed by atoms with Crippen LogP contribution in [0, 0.1) is 58.2 Å². The number of hydrogen-bond donors (Lipinski definition) is 1. The van der Waals surface area contributed by atoms with Crippen LogP contribution in [0.25, 0.3) is 0 Å². The third-order valence-electron chi connectivity index (χ3n) is 12.1. The van der Waals surface area contributed by atoms with Crippen molar-refractivity contribution in [2.75, 3.05) is 13.7 Å². The number of ketones is 1. The minimum Gasteiger partial charge on any atom is -0.469 e. The molecule has 0 bridgehead atoms. The van der Waals surface area contributed by atoms with Crippen molar-refractivity contribution < 1.29 is 33.7 Å². The van der Waals surface area contributed by atoms with E-state index < -0.39 is 12.3 Å².